The molecular weight excluding hydrogens is 504 g/mol. The third-order valence-corrected chi connectivity index (χ3v) is 8.70. The molecule has 0 saturated carbocycles. The first-order chi connectivity index (χ1) is 16.9. The van der Waals surface area contributed by atoms with Crippen LogP contribution in [0.2, 0.25) is 5.02 Å². The Labute approximate surface area is 215 Å². The van der Waals surface area contributed by atoms with E-state index < -0.39 is 12.0 Å². The summed E-state index contributed by atoms with van der Waals surface area (Å²) in [4.78, 5) is 35.2. The topological polar surface area (TPSA) is 87.5 Å². The van der Waals surface area contributed by atoms with Crippen molar-refractivity contribution >= 4 is 50.4 Å². The minimum Gasteiger partial charge on any atom is -0.386 e. The summed E-state index contributed by atoms with van der Waals surface area (Å²) in [7, 11) is 1.85. The average molecular weight is 529 g/mol. The number of halogens is 1. The van der Waals surface area contributed by atoms with E-state index in [1.807, 2.05) is 29.8 Å². The van der Waals surface area contributed by atoms with Gasteiger partial charge in [0, 0.05) is 48.5 Å². The lowest BCUT2D eigenvalue weighted by Gasteiger charge is -2.27. The maximum atomic E-state index is 13.2. The summed E-state index contributed by atoms with van der Waals surface area (Å²) >= 11 is 8.94. The normalized spacial score (nSPS) is 17.2. The van der Waals surface area contributed by atoms with E-state index in [-0.39, 0.29) is 17.0 Å². The van der Waals surface area contributed by atoms with Crippen molar-refractivity contribution in [2.75, 3.05) is 6.54 Å². The zero-order valence-electron chi connectivity index (χ0n) is 19.1. The van der Waals surface area contributed by atoms with Crippen LogP contribution in [0.5, 0.6) is 0 Å². The van der Waals surface area contributed by atoms with Gasteiger partial charge >= 0.3 is 0 Å². The highest BCUT2D eigenvalue weighted by Gasteiger charge is 2.32. The fraction of sp³-hybridized carbons (Fsp3) is 0.320. The fourth-order valence-electron chi connectivity index (χ4n) is 4.60. The third kappa shape index (κ3) is 5.05. The second kappa shape index (κ2) is 10.2. The van der Waals surface area contributed by atoms with Gasteiger partial charge in [-0.2, -0.15) is 0 Å². The predicted molar refractivity (Wildman–Crippen MR) is 140 cm³/mol. The summed E-state index contributed by atoms with van der Waals surface area (Å²) in [5, 5.41) is 14.9. The van der Waals surface area contributed by atoms with Gasteiger partial charge in [0.1, 0.15) is 16.5 Å². The van der Waals surface area contributed by atoms with Crippen LogP contribution in [-0.2, 0) is 20.1 Å². The molecule has 0 radical (unpaired) electrons. The smallest absolute Gasteiger partial charge is 0.257 e. The Balaban J connectivity index is 1.35. The molecule has 0 bridgehead atoms. The second-order valence-electron chi connectivity index (χ2n) is 8.75. The zero-order valence-corrected chi connectivity index (χ0v) is 21.5. The number of nitrogens with zero attached hydrogens (tertiary/aromatic N) is 3. The number of amides is 1. The van der Waals surface area contributed by atoms with Gasteiger partial charge in [0.25, 0.3) is 5.91 Å². The van der Waals surface area contributed by atoms with Crippen molar-refractivity contribution in [1.82, 2.24) is 19.8 Å². The van der Waals surface area contributed by atoms with E-state index in [1.165, 1.54) is 11.3 Å². The summed E-state index contributed by atoms with van der Waals surface area (Å²) in [6.45, 7) is 1.85. The molecule has 1 aromatic carbocycles. The van der Waals surface area contributed by atoms with Crippen molar-refractivity contribution in [2.24, 2.45) is 7.05 Å². The molecule has 7 nitrogen and oxygen atoms in total. The first-order valence-corrected chi connectivity index (χ1v) is 13.4. The van der Waals surface area contributed by atoms with Crippen LogP contribution in [-0.4, -0.2) is 38.1 Å². The van der Waals surface area contributed by atoms with Crippen LogP contribution in [0.15, 0.2) is 53.0 Å². The van der Waals surface area contributed by atoms with Crippen LogP contribution >= 0.6 is 34.3 Å². The van der Waals surface area contributed by atoms with Crippen molar-refractivity contribution in [1.29, 1.82) is 0 Å². The number of carbonyl (C=O) groups excluding carboxylic acids is 1. The number of likely N-dealkylation sites (tertiary alicyclic amines) is 1. The number of hydrogen-bond donors (Lipinski definition) is 2. The van der Waals surface area contributed by atoms with E-state index in [0.29, 0.717) is 23.5 Å². The van der Waals surface area contributed by atoms with Gasteiger partial charge in [0.2, 0.25) is 5.43 Å². The number of aryl methyl sites for hydroxylation is 1. The molecule has 1 saturated heterocycles. The number of hydrogen-bond acceptors (Lipinski definition) is 7. The van der Waals surface area contributed by atoms with E-state index in [0.717, 1.165) is 39.5 Å². The maximum Gasteiger partial charge on any atom is 0.257 e. The average Bonchev–Trinajstić information content (AvgIpc) is 3.62. The van der Waals surface area contributed by atoms with Crippen LogP contribution in [0.3, 0.4) is 0 Å². The summed E-state index contributed by atoms with van der Waals surface area (Å²) in [5.74, 6) is -0.400. The Bertz CT molecular complexity index is 1400. The van der Waals surface area contributed by atoms with E-state index in [4.69, 9.17) is 11.6 Å². The molecule has 0 aliphatic carbocycles. The number of pyridine rings is 1. The van der Waals surface area contributed by atoms with Crippen LogP contribution in [0.4, 0.5) is 0 Å². The number of thiazole rings is 1. The Kier molecular flexibility index (Phi) is 7.04. The molecule has 1 fully saturated rings. The summed E-state index contributed by atoms with van der Waals surface area (Å²) < 4.78 is 1.84. The van der Waals surface area contributed by atoms with Crippen molar-refractivity contribution in [3.8, 4) is 0 Å². The quantitative estimate of drug-likeness (QED) is 0.372. The molecule has 1 aliphatic rings. The van der Waals surface area contributed by atoms with Crippen LogP contribution in [0, 0.1) is 0 Å². The summed E-state index contributed by atoms with van der Waals surface area (Å²) in [6.07, 6.45) is 4.71. The van der Waals surface area contributed by atoms with Gasteiger partial charge in [-0.05, 0) is 43.1 Å². The number of aliphatic hydroxyl groups excluding tert-OH is 1. The van der Waals surface area contributed by atoms with Gasteiger partial charge in [-0.1, -0.05) is 23.7 Å². The number of fused-ring (bicyclic) bond motifs is 1. The van der Waals surface area contributed by atoms with Crippen LogP contribution < -0.4 is 10.7 Å². The molecule has 4 heterocycles. The summed E-state index contributed by atoms with van der Waals surface area (Å²) in [6, 6.07) is 9.13. The lowest BCUT2D eigenvalue weighted by Crippen LogP contribution is -2.33. The number of aromatic nitrogens is 2. The van der Waals surface area contributed by atoms with E-state index in [9.17, 15) is 14.7 Å². The number of thiophene rings is 1. The molecule has 35 heavy (non-hydrogen) atoms. The van der Waals surface area contributed by atoms with Gasteiger partial charge in [0.05, 0.1) is 15.8 Å². The molecule has 10 heteroatoms. The maximum absolute atomic E-state index is 13.2. The molecule has 182 valence electrons. The van der Waals surface area contributed by atoms with Crippen molar-refractivity contribution in [3.05, 3.63) is 84.4 Å². The molecule has 0 unspecified atom stereocenters. The van der Waals surface area contributed by atoms with Crippen molar-refractivity contribution in [2.45, 2.75) is 38.1 Å². The van der Waals surface area contributed by atoms with E-state index in [1.54, 1.807) is 41.4 Å². The van der Waals surface area contributed by atoms with Gasteiger partial charge in [0.15, 0.2) is 0 Å². The lowest BCUT2D eigenvalue weighted by molar-refractivity contribution is 0.0717. The molecule has 5 rings (SSSR count). The van der Waals surface area contributed by atoms with Crippen LogP contribution in [0.1, 0.15) is 44.6 Å². The molecule has 1 aliphatic heterocycles. The number of benzene rings is 1. The molecule has 0 spiro atoms. The first kappa shape index (κ1) is 24.1. The fourth-order valence-corrected chi connectivity index (χ4v) is 6.50. The Morgan fingerprint density at radius 3 is 2.89 bits per heavy atom. The highest BCUT2D eigenvalue weighted by Crippen LogP contribution is 2.34. The Morgan fingerprint density at radius 2 is 2.14 bits per heavy atom. The minimum atomic E-state index is -0.568. The number of aliphatic hydroxyl groups is 1. The molecule has 1 amide bonds. The van der Waals surface area contributed by atoms with Gasteiger partial charge in [-0.15, -0.1) is 22.7 Å². The van der Waals surface area contributed by atoms with E-state index in [2.05, 4.69) is 15.2 Å². The van der Waals surface area contributed by atoms with Gasteiger partial charge in [-0.3, -0.25) is 19.5 Å². The Hall–Kier alpha value is -2.56. The number of rotatable bonds is 7. The zero-order chi connectivity index (χ0) is 24.5. The third-order valence-electron chi connectivity index (χ3n) is 6.39. The SMILES string of the molecule is Cn1cc(C(=O)NCc2ccc(Cl)cc2)c(=O)c2cc(CN3CCC[C@@H]3[C@@H](O)c3cncs3)sc21. The van der Waals surface area contributed by atoms with E-state index >= 15 is 0 Å². The van der Waals surface area contributed by atoms with Crippen molar-refractivity contribution < 1.29 is 9.90 Å². The largest absolute Gasteiger partial charge is 0.386 e. The lowest BCUT2D eigenvalue weighted by atomic mass is 10.1. The minimum absolute atomic E-state index is 0.0235. The molecule has 2 N–H and O–H groups in total. The highest BCUT2D eigenvalue weighted by atomic mass is 35.5. The number of nitrogens with one attached hydrogen (secondary N) is 1. The molecule has 2 atom stereocenters. The Morgan fingerprint density at radius 1 is 1.34 bits per heavy atom. The first-order valence-electron chi connectivity index (χ1n) is 11.4. The van der Waals surface area contributed by atoms with Crippen molar-refractivity contribution in [3.63, 3.8) is 0 Å². The van der Waals surface area contributed by atoms with Crippen LogP contribution in [0.25, 0.3) is 10.2 Å². The molecule has 4 aromatic rings. The monoisotopic (exact) mass is 528 g/mol. The van der Waals surface area contributed by atoms with Gasteiger partial charge in [-0.25, -0.2) is 0 Å². The predicted octanol–water partition coefficient (Wildman–Crippen LogP) is 4.34. The summed E-state index contributed by atoms with van der Waals surface area (Å²) in [5.41, 5.74) is 2.50. The second-order valence-corrected chi connectivity index (χ2v) is 11.2. The standard InChI is InChI=1S/C25H25ClN4O3S2/c1-29-13-19(24(33)28-10-15-4-6-16(26)7-5-15)22(31)18-9-17(35-25(18)29)12-30-8-2-3-20(30)23(32)21-11-27-14-34-21/h4-7,9,11,13-14,20,23,32H,2-3,8,10,12H2,1H3,(H,28,33)/t20-,23-/m1/s1. The molecule has 3 aromatic heterocycles. The van der Waals surface area contributed by atoms with Gasteiger partial charge < -0.3 is 15.0 Å². The number of carbonyl (C=O) groups is 1. The highest BCUT2D eigenvalue weighted by molar-refractivity contribution is 7.18. The molecular formula is C25H25ClN4O3S2.